The molecule has 0 aromatic heterocycles. The molecular formula is C7H16N2. The Hall–Kier alpha value is -0.0800. The van der Waals surface area contributed by atoms with E-state index in [9.17, 15) is 0 Å². The quantitative estimate of drug-likeness (QED) is 0.527. The van der Waals surface area contributed by atoms with E-state index in [0.717, 1.165) is 12.5 Å². The zero-order valence-electron chi connectivity index (χ0n) is 6.28. The lowest BCUT2D eigenvalue weighted by molar-refractivity contribution is 0.311. The summed E-state index contributed by atoms with van der Waals surface area (Å²) in [4.78, 5) is 0. The molecule has 1 fully saturated rings. The maximum absolute atomic E-state index is 3.35. The van der Waals surface area contributed by atoms with Crippen molar-refractivity contribution < 1.29 is 0 Å². The summed E-state index contributed by atoms with van der Waals surface area (Å²) in [6.07, 6.45) is 1.31. The molecule has 2 heteroatoms. The summed E-state index contributed by atoms with van der Waals surface area (Å²) in [5, 5.41) is 6.64. The minimum atomic E-state index is 0.693. The van der Waals surface area contributed by atoms with Crippen LogP contribution in [0.25, 0.3) is 0 Å². The number of piperidine rings is 1. The van der Waals surface area contributed by atoms with Crippen molar-refractivity contribution in [2.24, 2.45) is 5.92 Å². The molecule has 0 aromatic carbocycles. The third-order valence-electron chi connectivity index (χ3n) is 2.20. The van der Waals surface area contributed by atoms with Gasteiger partial charge in [0.15, 0.2) is 0 Å². The molecule has 9 heavy (non-hydrogen) atoms. The normalized spacial score (nSPS) is 36.7. The van der Waals surface area contributed by atoms with Gasteiger partial charge in [0.2, 0.25) is 0 Å². The maximum Gasteiger partial charge on any atom is 0.0215 e. The molecule has 2 atom stereocenters. The van der Waals surface area contributed by atoms with Gasteiger partial charge < -0.3 is 10.6 Å². The number of likely N-dealkylation sites (N-methyl/N-ethyl adjacent to an activating group) is 1. The van der Waals surface area contributed by atoms with E-state index in [1.165, 1.54) is 13.0 Å². The molecule has 1 heterocycles. The van der Waals surface area contributed by atoms with E-state index in [2.05, 4.69) is 17.6 Å². The Morgan fingerprint density at radius 1 is 1.56 bits per heavy atom. The predicted octanol–water partition coefficient (Wildman–Crippen LogP) is 0.204. The van der Waals surface area contributed by atoms with E-state index in [1.54, 1.807) is 0 Å². The van der Waals surface area contributed by atoms with E-state index in [4.69, 9.17) is 0 Å². The van der Waals surface area contributed by atoms with Gasteiger partial charge in [-0.2, -0.15) is 0 Å². The Labute approximate surface area is 57.0 Å². The van der Waals surface area contributed by atoms with Crippen LogP contribution in [0.15, 0.2) is 0 Å². The molecule has 2 nitrogen and oxygen atoms in total. The Morgan fingerprint density at radius 3 is 2.78 bits per heavy atom. The first-order valence-electron chi connectivity index (χ1n) is 3.72. The van der Waals surface area contributed by atoms with Gasteiger partial charge in [-0.1, -0.05) is 6.92 Å². The van der Waals surface area contributed by atoms with Gasteiger partial charge in [-0.15, -0.1) is 0 Å². The molecule has 0 bridgehead atoms. The van der Waals surface area contributed by atoms with Crippen LogP contribution in [0.1, 0.15) is 13.3 Å². The number of rotatable bonds is 1. The van der Waals surface area contributed by atoms with Crippen molar-refractivity contribution in [3.05, 3.63) is 0 Å². The van der Waals surface area contributed by atoms with E-state index >= 15 is 0 Å². The first-order chi connectivity index (χ1) is 4.34. The average molecular weight is 128 g/mol. The number of hydrogen-bond donors (Lipinski definition) is 2. The number of hydrogen-bond acceptors (Lipinski definition) is 2. The SMILES string of the molecule is CNC1CNCCC1C. The molecule has 2 unspecified atom stereocenters. The highest BCUT2D eigenvalue weighted by Crippen LogP contribution is 2.09. The van der Waals surface area contributed by atoms with Crippen LogP contribution in [0.5, 0.6) is 0 Å². The summed E-state index contributed by atoms with van der Waals surface area (Å²) >= 11 is 0. The second-order valence-corrected chi connectivity index (χ2v) is 2.87. The summed E-state index contributed by atoms with van der Waals surface area (Å²) in [6, 6.07) is 0.693. The summed E-state index contributed by atoms with van der Waals surface area (Å²) in [5.74, 6) is 0.844. The highest BCUT2D eigenvalue weighted by molar-refractivity contribution is 4.79. The molecule has 1 aliphatic heterocycles. The minimum Gasteiger partial charge on any atom is -0.315 e. The monoisotopic (exact) mass is 128 g/mol. The molecule has 0 radical (unpaired) electrons. The van der Waals surface area contributed by atoms with Gasteiger partial charge >= 0.3 is 0 Å². The van der Waals surface area contributed by atoms with Crippen LogP contribution in [-0.2, 0) is 0 Å². The number of nitrogens with one attached hydrogen (secondary N) is 2. The van der Waals surface area contributed by atoms with Crippen LogP contribution in [0, 0.1) is 5.92 Å². The fraction of sp³-hybridized carbons (Fsp3) is 1.00. The molecule has 0 aromatic rings. The molecule has 54 valence electrons. The van der Waals surface area contributed by atoms with Gasteiger partial charge in [-0.3, -0.25) is 0 Å². The Morgan fingerprint density at radius 2 is 2.33 bits per heavy atom. The van der Waals surface area contributed by atoms with Crippen LogP contribution in [0.4, 0.5) is 0 Å². The van der Waals surface area contributed by atoms with Crippen molar-refractivity contribution >= 4 is 0 Å². The van der Waals surface area contributed by atoms with Crippen molar-refractivity contribution in [3.8, 4) is 0 Å². The Balaban J connectivity index is 2.30. The first-order valence-corrected chi connectivity index (χ1v) is 3.72. The van der Waals surface area contributed by atoms with Crippen LogP contribution in [-0.4, -0.2) is 26.2 Å². The zero-order chi connectivity index (χ0) is 6.69. The molecule has 0 spiro atoms. The largest absolute Gasteiger partial charge is 0.315 e. The lowest BCUT2D eigenvalue weighted by Crippen LogP contribution is -2.46. The maximum atomic E-state index is 3.35. The van der Waals surface area contributed by atoms with Crippen LogP contribution in [0.2, 0.25) is 0 Å². The van der Waals surface area contributed by atoms with E-state index in [0.29, 0.717) is 6.04 Å². The van der Waals surface area contributed by atoms with E-state index in [1.807, 2.05) is 7.05 Å². The van der Waals surface area contributed by atoms with E-state index < -0.39 is 0 Å². The Bertz CT molecular complexity index is 83.0. The topological polar surface area (TPSA) is 24.1 Å². The third-order valence-corrected chi connectivity index (χ3v) is 2.20. The Kier molecular flexibility index (Phi) is 2.49. The molecular weight excluding hydrogens is 112 g/mol. The first kappa shape index (κ1) is 7.03. The van der Waals surface area contributed by atoms with Gasteiger partial charge in [0.25, 0.3) is 0 Å². The van der Waals surface area contributed by atoms with Crippen molar-refractivity contribution in [1.82, 2.24) is 10.6 Å². The third kappa shape index (κ3) is 1.66. The van der Waals surface area contributed by atoms with Gasteiger partial charge in [-0.25, -0.2) is 0 Å². The highest BCUT2D eigenvalue weighted by atomic mass is 15.0. The molecule has 0 amide bonds. The van der Waals surface area contributed by atoms with Gasteiger partial charge in [-0.05, 0) is 25.9 Å². The summed E-state index contributed by atoms with van der Waals surface area (Å²) < 4.78 is 0. The second-order valence-electron chi connectivity index (χ2n) is 2.87. The van der Waals surface area contributed by atoms with Gasteiger partial charge in [0.05, 0.1) is 0 Å². The van der Waals surface area contributed by atoms with Gasteiger partial charge in [0, 0.05) is 12.6 Å². The molecule has 2 N–H and O–H groups in total. The standard InChI is InChI=1S/C7H16N2/c1-6-3-4-9-5-7(6)8-2/h6-9H,3-5H2,1-2H3. The summed E-state index contributed by atoms with van der Waals surface area (Å²) in [6.45, 7) is 4.64. The zero-order valence-corrected chi connectivity index (χ0v) is 6.28. The fourth-order valence-corrected chi connectivity index (χ4v) is 1.38. The summed E-state index contributed by atoms with van der Waals surface area (Å²) in [7, 11) is 2.04. The van der Waals surface area contributed by atoms with Crippen molar-refractivity contribution in [3.63, 3.8) is 0 Å². The van der Waals surface area contributed by atoms with Gasteiger partial charge in [0.1, 0.15) is 0 Å². The smallest absolute Gasteiger partial charge is 0.0215 e. The van der Waals surface area contributed by atoms with Crippen molar-refractivity contribution in [2.75, 3.05) is 20.1 Å². The summed E-state index contributed by atoms with van der Waals surface area (Å²) in [5.41, 5.74) is 0. The second kappa shape index (κ2) is 3.18. The molecule has 0 aliphatic carbocycles. The molecule has 1 rings (SSSR count). The average Bonchev–Trinajstić information content (AvgIpc) is 1.89. The lowest BCUT2D eigenvalue weighted by atomic mass is 9.95. The molecule has 1 saturated heterocycles. The molecule has 1 aliphatic rings. The van der Waals surface area contributed by atoms with Crippen molar-refractivity contribution in [1.29, 1.82) is 0 Å². The minimum absolute atomic E-state index is 0.693. The molecule has 0 saturated carbocycles. The van der Waals surface area contributed by atoms with Crippen LogP contribution in [0.3, 0.4) is 0 Å². The van der Waals surface area contributed by atoms with Crippen LogP contribution >= 0.6 is 0 Å². The predicted molar refractivity (Wildman–Crippen MR) is 39.5 cm³/mol. The highest BCUT2D eigenvalue weighted by Gasteiger charge is 2.17. The fourth-order valence-electron chi connectivity index (χ4n) is 1.38. The van der Waals surface area contributed by atoms with E-state index in [-0.39, 0.29) is 0 Å². The van der Waals surface area contributed by atoms with Crippen LogP contribution < -0.4 is 10.6 Å². The lowest BCUT2D eigenvalue weighted by Gasteiger charge is -2.28. The van der Waals surface area contributed by atoms with Crippen molar-refractivity contribution in [2.45, 2.75) is 19.4 Å².